The predicted molar refractivity (Wildman–Crippen MR) is 66.6 cm³/mol. The minimum atomic E-state index is 0.0333. The molecule has 0 saturated heterocycles. The van der Waals surface area contributed by atoms with Crippen LogP contribution in [0.4, 0.5) is 0 Å². The molecule has 3 heteroatoms. The highest BCUT2D eigenvalue weighted by molar-refractivity contribution is 7.98. The zero-order valence-corrected chi connectivity index (χ0v) is 10.4. The van der Waals surface area contributed by atoms with Crippen LogP contribution in [0, 0.1) is 5.41 Å². The molecule has 2 nitrogen and oxygen atoms in total. The molecule has 0 spiro atoms. The van der Waals surface area contributed by atoms with Gasteiger partial charge in [0.15, 0.2) is 0 Å². The minimum absolute atomic E-state index is 0.0333. The third-order valence-electron chi connectivity index (χ3n) is 2.24. The van der Waals surface area contributed by atoms with Gasteiger partial charge in [-0.05, 0) is 18.4 Å². The standard InChI is InChI=1S/C12H19NOS/c1-12(2,8-13)9-14-10-6-4-5-7-11(10)15-3/h4-7H,8-9,13H2,1-3H3. The Balaban J connectivity index is 2.65. The predicted octanol–water partition coefficient (Wildman–Crippen LogP) is 2.77. The Morgan fingerprint density at radius 1 is 1.33 bits per heavy atom. The zero-order chi connectivity index (χ0) is 11.3. The van der Waals surface area contributed by atoms with E-state index in [4.69, 9.17) is 10.5 Å². The van der Waals surface area contributed by atoms with Crippen LogP contribution in [0.25, 0.3) is 0 Å². The van der Waals surface area contributed by atoms with Crippen molar-refractivity contribution in [2.45, 2.75) is 18.7 Å². The number of rotatable bonds is 5. The van der Waals surface area contributed by atoms with E-state index in [1.165, 1.54) is 4.90 Å². The molecule has 0 saturated carbocycles. The number of para-hydroxylation sites is 1. The average Bonchev–Trinajstić information content (AvgIpc) is 2.27. The highest BCUT2D eigenvalue weighted by Crippen LogP contribution is 2.28. The lowest BCUT2D eigenvalue weighted by Gasteiger charge is -2.23. The molecule has 0 radical (unpaired) electrons. The molecule has 0 amide bonds. The molecule has 84 valence electrons. The first-order valence-electron chi connectivity index (χ1n) is 5.05. The summed E-state index contributed by atoms with van der Waals surface area (Å²) < 4.78 is 5.78. The van der Waals surface area contributed by atoms with Gasteiger partial charge >= 0.3 is 0 Å². The van der Waals surface area contributed by atoms with Gasteiger partial charge < -0.3 is 10.5 Å². The largest absolute Gasteiger partial charge is 0.492 e. The number of ether oxygens (including phenoxy) is 1. The van der Waals surface area contributed by atoms with Crippen LogP contribution in [-0.4, -0.2) is 19.4 Å². The highest BCUT2D eigenvalue weighted by atomic mass is 32.2. The Kier molecular flexibility index (Phi) is 4.48. The molecule has 15 heavy (non-hydrogen) atoms. The second-order valence-electron chi connectivity index (χ2n) is 4.31. The van der Waals surface area contributed by atoms with Gasteiger partial charge in [0, 0.05) is 16.9 Å². The summed E-state index contributed by atoms with van der Waals surface area (Å²) in [5.41, 5.74) is 5.69. The van der Waals surface area contributed by atoms with Gasteiger partial charge in [0.05, 0.1) is 6.61 Å². The van der Waals surface area contributed by atoms with Crippen LogP contribution < -0.4 is 10.5 Å². The van der Waals surface area contributed by atoms with E-state index in [1.807, 2.05) is 18.2 Å². The fraction of sp³-hybridized carbons (Fsp3) is 0.500. The Bertz CT molecular complexity index is 312. The van der Waals surface area contributed by atoms with Crippen LogP contribution >= 0.6 is 11.8 Å². The summed E-state index contributed by atoms with van der Waals surface area (Å²) in [6.45, 7) is 5.50. The summed E-state index contributed by atoms with van der Waals surface area (Å²) in [7, 11) is 0. The Hall–Kier alpha value is -0.670. The number of hydrogen-bond donors (Lipinski definition) is 1. The molecule has 0 aliphatic carbocycles. The molecule has 0 heterocycles. The lowest BCUT2D eigenvalue weighted by Crippen LogP contribution is -2.30. The Labute approximate surface area is 96.2 Å². The van der Waals surface area contributed by atoms with Gasteiger partial charge in [-0.2, -0.15) is 0 Å². The molecule has 0 bridgehead atoms. The van der Waals surface area contributed by atoms with Crippen LogP contribution in [-0.2, 0) is 0 Å². The fourth-order valence-corrected chi connectivity index (χ4v) is 1.61. The fourth-order valence-electron chi connectivity index (χ4n) is 1.07. The molecule has 1 rings (SSSR count). The summed E-state index contributed by atoms with van der Waals surface area (Å²) in [5, 5.41) is 0. The van der Waals surface area contributed by atoms with Gasteiger partial charge in [-0.1, -0.05) is 26.0 Å². The van der Waals surface area contributed by atoms with Crippen molar-refractivity contribution >= 4 is 11.8 Å². The van der Waals surface area contributed by atoms with E-state index in [9.17, 15) is 0 Å². The summed E-state index contributed by atoms with van der Waals surface area (Å²) in [4.78, 5) is 1.17. The van der Waals surface area contributed by atoms with Crippen molar-refractivity contribution in [2.24, 2.45) is 11.1 Å². The molecular formula is C12H19NOS. The van der Waals surface area contributed by atoms with Crippen LogP contribution in [0.15, 0.2) is 29.2 Å². The second-order valence-corrected chi connectivity index (χ2v) is 5.16. The van der Waals surface area contributed by atoms with Crippen LogP contribution in [0.3, 0.4) is 0 Å². The van der Waals surface area contributed by atoms with Crippen molar-refractivity contribution in [2.75, 3.05) is 19.4 Å². The van der Waals surface area contributed by atoms with Crippen molar-refractivity contribution in [3.05, 3.63) is 24.3 Å². The van der Waals surface area contributed by atoms with E-state index in [1.54, 1.807) is 11.8 Å². The SMILES string of the molecule is CSc1ccccc1OCC(C)(C)CN. The molecule has 0 unspecified atom stereocenters. The van der Waals surface area contributed by atoms with Gasteiger partial charge in [-0.15, -0.1) is 11.8 Å². The van der Waals surface area contributed by atoms with Crippen LogP contribution in [0.2, 0.25) is 0 Å². The van der Waals surface area contributed by atoms with Gasteiger partial charge in [-0.25, -0.2) is 0 Å². The Morgan fingerprint density at radius 2 is 2.00 bits per heavy atom. The van der Waals surface area contributed by atoms with E-state index in [-0.39, 0.29) is 5.41 Å². The van der Waals surface area contributed by atoms with Gasteiger partial charge in [0.25, 0.3) is 0 Å². The smallest absolute Gasteiger partial charge is 0.132 e. The Morgan fingerprint density at radius 3 is 2.60 bits per heavy atom. The first kappa shape index (κ1) is 12.4. The van der Waals surface area contributed by atoms with E-state index in [0.717, 1.165) is 5.75 Å². The van der Waals surface area contributed by atoms with Crippen molar-refractivity contribution in [3.63, 3.8) is 0 Å². The van der Waals surface area contributed by atoms with Crippen LogP contribution in [0.5, 0.6) is 5.75 Å². The van der Waals surface area contributed by atoms with Crippen molar-refractivity contribution in [3.8, 4) is 5.75 Å². The third-order valence-corrected chi connectivity index (χ3v) is 3.02. The molecule has 0 aliphatic heterocycles. The molecule has 2 N–H and O–H groups in total. The summed E-state index contributed by atoms with van der Waals surface area (Å²) in [6.07, 6.45) is 2.05. The summed E-state index contributed by atoms with van der Waals surface area (Å²) in [6, 6.07) is 8.07. The van der Waals surface area contributed by atoms with Crippen molar-refractivity contribution in [1.29, 1.82) is 0 Å². The van der Waals surface area contributed by atoms with Gasteiger partial charge in [0.1, 0.15) is 5.75 Å². The molecule has 0 atom stereocenters. The average molecular weight is 225 g/mol. The molecule has 0 fully saturated rings. The normalized spacial score (nSPS) is 11.5. The number of hydrogen-bond acceptors (Lipinski definition) is 3. The summed E-state index contributed by atoms with van der Waals surface area (Å²) >= 11 is 1.70. The van der Waals surface area contributed by atoms with Crippen molar-refractivity contribution in [1.82, 2.24) is 0 Å². The molecule has 0 aromatic heterocycles. The van der Waals surface area contributed by atoms with Gasteiger partial charge in [0.2, 0.25) is 0 Å². The first-order chi connectivity index (χ1) is 7.09. The molecule has 0 aliphatic rings. The monoisotopic (exact) mass is 225 g/mol. The number of thioether (sulfide) groups is 1. The molecule has 1 aromatic carbocycles. The van der Waals surface area contributed by atoms with E-state index in [0.29, 0.717) is 13.2 Å². The van der Waals surface area contributed by atoms with E-state index < -0.39 is 0 Å². The molecular weight excluding hydrogens is 206 g/mol. The lowest BCUT2D eigenvalue weighted by molar-refractivity contribution is 0.183. The zero-order valence-electron chi connectivity index (χ0n) is 9.62. The molecule has 1 aromatic rings. The van der Waals surface area contributed by atoms with Crippen molar-refractivity contribution < 1.29 is 4.74 Å². The quantitative estimate of drug-likeness (QED) is 0.783. The maximum atomic E-state index is 5.78. The van der Waals surface area contributed by atoms with E-state index in [2.05, 4.69) is 26.2 Å². The first-order valence-corrected chi connectivity index (χ1v) is 6.27. The van der Waals surface area contributed by atoms with Crippen LogP contribution in [0.1, 0.15) is 13.8 Å². The minimum Gasteiger partial charge on any atom is -0.492 e. The third kappa shape index (κ3) is 3.76. The number of nitrogens with two attached hydrogens (primary N) is 1. The maximum Gasteiger partial charge on any atom is 0.132 e. The highest BCUT2D eigenvalue weighted by Gasteiger charge is 2.17. The topological polar surface area (TPSA) is 35.2 Å². The van der Waals surface area contributed by atoms with Gasteiger partial charge in [-0.3, -0.25) is 0 Å². The second kappa shape index (κ2) is 5.42. The number of benzene rings is 1. The van der Waals surface area contributed by atoms with E-state index >= 15 is 0 Å². The maximum absolute atomic E-state index is 5.78. The lowest BCUT2D eigenvalue weighted by atomic mass is 9.95. The summed E-state index contributed by atoms with van der Waals surface area (Å²) in [5.74, 6) is 0.950.